The summed E-state index contributed by atoms with van der Waals surface area (Å²) in [6.07, 6.45) is 0. The highest BCUT2D eigenvalue weighted by Gasteiger charge is 2.28. The fourth-order valence-corrected chi connectivity index (χ4v) is 4.83. The zero-order chi connectivity index (χ0) is 13.0. The summed E-state index contributed by atoms with van der Waals surface area (Å²) in [5.41, 5.74) is 1.80. The normalized spacial score (nSPS) is 22.7. The van der Waals surface area contributed by atoms with E-state index in [1.54, 1.807) is 6.92 Å². The van der Waals surface area contributed by atoms with Gasteiger partial charge in [0.2, 0.25) is 0 Å². The molecular formula is C14H16O2S2. The van der Waals surface area contributed by atoms with E-state index in [9.17, 15) is 4.79 Å². The van der Waals surface area contributed by atoms with Crippen LogP contribution in [-0.2, 0) is 9.53 Å². The summed E-state index contributed by atoms with van der Waals surface area (Å²) in [6.45, 7) is 5.73. The van der Waals surface area contributed by atoms with E-state index in [1.807, 2.05) is 29.6 Å². The Labute approximate surface area is 116 Å². The molecule has 1 saturated heterocycles. The number of ether oxygens (including phenoxy) is 1. The molecule has 1 aromatic rings. The zero-order valence-electron chi connectivity index (χ0n) is 10.3. The Morgan fingerprint density at radius 1 is 1.44 bits per heavy atom. The number of rotatable bonds is 4. The number of thioether (sulfide) groups is 2. The Hall–Kier alpha value is -0.870. The molecule has 0 spiro atoms. The van der Waals surface area contributed by atoms with Crippen LogP contribution in [0.4, 0.5) is 0 Å². The van der Waals surface area contributed by atoms with Gasteiger partial charge in [-0.3, -0.25) is 0 Å². The van der Waals surface area contributed by atoms with Crippen LogP contribution in [0, 0.1) is 0 Å². The summed E-state index contributed by atoms with van der Waals surface area (Å²) < 4.78 is 5.66. The SMILES string of the molecule is C=C(C)C(=O)OCC1CSC(c2ccccc2)S1. The van der Waals surface area contributed by atoms with E-state index in [1.165, 1.54) is 5.56 Å². The predicted octanol–water partition coefficient (Wildman–Crippen LogP) is 3.65. The highest BCUT2D eigenvalue weighted by molar-refractivity contribution is 8.19. The van der Waals surface area contributed by atoms with Gasteiger partial charge in [0.25, 0.3) is 0 Å². The Morgan fingerprint density at radius 3 is 2.83 bits per heavy atom. The summed E-state index contributed by atoms with van der Waals surface area (Å²) >= 11 is 3.79. The van der Waals surface area contributed by atoms with Gasteiger partial charge in [0, 0.05) is 16.6 Å². The maximum absolute atomic E-state index is 11.3. The average Bonchev–Trinajstić information content (AvgIpc) is 2.85. The van der Waals surface area contributed by atoms with E-state index < -0.39 is 0 Å². The highest BCUT2D eigenvalue weighted by atomic mass is 32.2. The molecule has 0 aliphatic carbocycles. The molecule has 2 rings (SSSR count). The topological polar surface area (TPSA) is 26.3 Å². The van der Waals surface area contributed by atoms with Crippen molar-refractivity contribution < 1.29 is 9.53 Å². The molecule has 0 N–H and O–H groups in total. The Balaban J connectivity index is 1.82. The van der Waals surface area contributed by atoms with Crippen molar-refractivity contribution in [1.82, 2.24) is 0 Å². The lowest BCUT2D eigenvalue weighted by molar-refractivity contribution is -0.138. The first-order valence-electron chi connectivity index (χ1n) is 5.81. The monoisotopic (exact) mass is 280 g/mol. The van der Waals surface area contributed by atoms with Crippen molar-refractivity contribution in [2.24, 2.45) is 0 Å². The maximum Gasteiger partial charge on any atom is 0.333 e. The molecule has 1 aliphatic heterocycles. The van der Waals surface area contributed by atoms with Crippen LogP contribution in [0.25, 0.3) is 0 Å². The van der Waals surface area contributed by atoms with Gasteiger partial charge in [0.15, 0.2) is 0 Å². The van der Waals surface area contributed by atoms with E-state index >= 15 is 0 Å². The number of carbonyl (C=O) groups excluding carboxylic acids is 1. The molecule has 0 amide bonds. The van der Waals surface area contributed by atoms with E-state index in [-0.39, 0.29) is 5.97 Å². The third-order valence-corrected chi connectivity index (χ3v) is 5.90. The zero-order valence-corrected chi connectivity index (χ0v) is 11.9. The van der Waals surface area contributed by atoms with Crippen molar-refractivity contribution >= 4 is 29.5 Å². The van der Waals surface area contributed by atoms with E-state index in [0.29, 0.717) is 22.0 Å². The molecule has 0 bridgehead atoms. The first-order valence-corrected chi connectivity index (χ1v) is 7.80. The molecule has 1 aliphatic rings. The van der Waals surface area contributed by atoms with Gasteiger partial charge in [-0.15, -0.1) is 23.5 Å². The summed E-state index contributed by atoms with van der Waals surface area (Å²) in [5, 5.41) is 0.378. The largest absolute Gasteiger partial charge is 0.461 e. The maximum atomic E-state index is 11.3. The molecule has 2 nitrogen and oxygen atoms in total. The predicted molar refractivity (Wildman–Crippen MR) is 78.8 cm³/mol. The molecule has 1 aromatic carbocycles. The molecule has 4 heteroatoms. The Kier molecular flexibility index (Phi) is 4.78. The first-order chi connectivity index (χ1) is 8.66. The number of hydrogen-bond acceptors (Lipinski definition) is 4. The molecule has 0 saturated carbocycles. The quantitative estimate of drug-likeness (QED) is 0.621. The molecule has 1 heterocycles. The number of carbonyl (C=O) groups is 1. The lowest BCUT2D eigenvalue weighted by Crippen LogP contribution is -2.16. The smallest absolute Gasteiger partial charge is 0.333 e. The minimum Gasteiger partial charge on any atom is -0.461 e. The van der Waals surface area contributed by atoms with Gasteiger partial charge >= 0.3 is 5.97 Å². The van der Waals surface area contributed by atoms with Crippen LogP contribution in [0.5, 0.6) is 0 Å². The average molecular weight is 280 g/mol. The van der Waals surface area contributed by atoms with Crippen molar-refractivity contribution in [2.75, 3.05) is 12.4 Å². The highest BCUT2D eigenvalue weighted by Crippen LogP contribution is 2.49. The van der Waals surface area contributed by atoms with Crippen molar-refractivity contribution in [1.29, 1.82) is 0 Å². The first kappa shape index (κ1) is 13.6. The van der Waals surface area contributed by atoms with Gasteiger partial charge < -0.3 is 4.74 Å². The number of benzene rings is 1. The minimum atomic E-state index is -0.288. The van der Waals surface area contributed by atoms with Crippen molar-refractivity contribution in [3.8, 4) is 0 Å². The van der Waals surface area contributed by atoms with Crippen LogP contribution in [-0.4, -0.2) is 23.6 Å². The van der Waals surface area contributed by atoms with Crippen molar-refractivity contribution in [2.45, 2.75) is 16.8 Å². The lowest BCUT2D eigenvalue weighted by Gasteiger charge is -2.11. The molecule has 2 unspecified atom stereocenters. The summed E-state index contributed by atoms with van der Waals surface area (Å²) in [7, 11) is 0. The van der Waals surface area contributed by atoms with Crippen LogP contribution >= 0.6 is 23.5 Å². The van der Waals surface area contributed by atoms with Crippen LogP contribution < -0.4 is 0 Å². The minimum absolute atomic E-state index is 0.288. The molecule has 1 fully saturated rings. The molecule has 0 aromatic heterocycles. The number of esters is 1. The van der Waals surface area contributed by atoms with Crippen LogP contribution in [0.2, 0.25) is 0 Å². The number of hydrogen-bond donors (Lipinski definition) is 0. The van der Waals surface area contributed by atoms with Crippen LogP contribution in [0.3, 0.4) is 0 Å². The van der Waals surface area contributed by atoms with E-state index in [4.69, 9.17) is 4.74 Å². The molecule has 96 valence electrons. The van der Waals surface area contributed by atoms with Crippen molar-refractivity contribution in [3.05, 3.63) is 48.0 Å². The summed E-state index contributed by atoms with van der Waals surface area (Å²) in [4.78, 5) is 11.3. The fourth-order valence-electron chi connectivity index (χ4n) is 1.61. The molecular weight excluding hydrogens is 264 g/mol. The second-order valence-corrected chi connectivity index (χ2v) is 7.06. The summed E-state index contributed by atoms with van der Waals surface area (Å²) in [5.74, 6) is 0.733. The van der Waals surface area contributed by atoms with Gasteiger partial charge in [-0.1, -0.05) is 36.9 Å². The fraction of sp³-hybridized carbons (Fsp3) is 0.357. The van der Waals surface area contributed by atoms with Gasteiger partial charge in [-0.2, -0.15) is 0 Å². The van der Waals surface area contributed by atoms with Gasteiger partial charge in [-0.25, -0.2) is 4.79 Å². The second-order valence-electron chi connectivity index (χ2n) is 4.21. The Morgan fingerprint density at radius 2 is 2.17 bits per heavy atom. The summed E-state index contributed by atoms with van der Waals surface area (Å²) in [6, 6.07) is 10.4. The molecule has 2 atom stereocenters. The van der Waals surface area contributed by atoms with Crippen LogP contribution in [0.1, 0.15) is 17.1 Å². The molecule has 0 radical (unpaired) electrons. The standard InChI is InChI=1S/C14H16O2S2/c1-10(2)13(15)16-8-12-9-17-14(18-12)11-6-4-3-5-7-11/h3-7,12,14H,1,8-9H2,2H3. The second kappa shape index (κ2) is 6.34. The van der Waals surface area contributed by atoms with Gasteiger partial charge in [-0.05, 0) is 12.5 Å². The third kappa shape index (κ3) is 3.56. The van der Waals surface area contributed by atoms with Gasteiger partial charge in [0.1, 0.15) is 6.61 Å². The molecule has 18 heavy (non-hydrogen) atoms. The van der Waals surface area contributed by atoms with E-state index in [0.717, 1.165) is 5.75 Å². The lowest BCUT2D eigenvalue weighted by atomic mass is 10.2. The van der Waals surface area contributed by atoms with Crippen LogP contribution in [0.15, 0.2) is 42.5 Å². The third-order valence-electron chi connectivity index (χ3n) is 2.57. The van der Waals surface area contributed by atoms with Crippen molar-refractivity contribution in [3.63, 3.8) is 0 Å². The van der Waals surface area contributed by atoms with Gasteiger partial charge in [0.05, 0.1) is 4.58 Å². The Bertz CT molecular complexity index is 431. The van der Waals surface area contributed by atoms with E-state index in [2.05, 4.69) is 30.8 Å².